The molecular weight excluding hydrogens is 355 g/mol. The lowest BCUT2D eigenvalue weighted by Gasteiger charge is -2.17. The van der Waals surface area contributed by atoms with Gasteiger partial charge in [0.15, 0.2) is 0 Å². The monoisotopic (exact) mass is 368 g/mol. The maximum atomic E-state index is 12.3. The van der Waals surface area contributed by atoms with Crippen LogP contribution in [0.25, 0.3) is 0 Å². The van der Waals surface area contributed by atoms with Gasteiger partial charge in [-0.1, -0.05) is 35.0 Å². The van der Waals surface area contributed by atoms with Crippen LogP contribution in [0, 0.1) is 11.3 Å². The summed E-state index contributed by atoms with van der Waals surface area (Å²) in [5.74, 6) is 0. The Morgan fingerprint density at radius 2 is 1.91 bits per heavy atom. The van der Waals surface area contributed by atoms with Crippen molar-refractivity contribution in [1.82, 2.24) is 14.7 Å². The summed E-state index contributed by atoms with van der Waals surface area (Å²) >= 11 is 13.2. The number of carbonyl (C=O) groups is 1. The van der Waals surface area contributed by atoms with Crippen molar-refractivity contribution >= 4 is 41.0 Å². The average Bonchev–Trinajstić information content (AvgIpc) is 2.90. The molecule has 0 aliphatic heterocycles. The van der Waals surface area contributed by atoms with Crippen LogP contribution in [0.4, 0.5) is 4.79 Å². The van der Waals surface area contributed by atoms with E-state index in [0.717, 1.165) is 4.90 Å². The number of halogens is 2. The second-order valence-corrected chi connectivity index (χ2v) is 6.50. The Morgan fingerprint density at radius 1 is 1.30 bits per heavy atom. The number of nitrogens with zero attached hydrogens (tertiary/aromatic N) is 4. The van der Waals surface area contributed by atoms with Crippen molar-refractivity contribution in [3.8, 4) is 6.07 Å². The zero-order valence-electron chi connectivity index (χ0n) is 12.6. The highest BCUT2D eigenvalue weighted by atomic mass is 35.5. The fourth-order valence-corrected chi connectivity index (χ4v) is 3.53. The van der Waals surface area contributed by atoms with Crippen molar-refractivity contribution in [2.24, 2.45) is 0 Å². The Kier molecular flexibility index (Phi) is 5.94. The smallest absolute Gasteiger partial charge is 0.323 e. The normalized spacial score (nSPS) is 10.4. The van der Waals surface area contributed by atoms with Crippen LogP contribution in [0.3, 0.4) is 0 Å². The predicted molar refractivity (Wildman–Crippen MR) is 91.2 cm³/mol. The van der Waals surface area contributed by atoms with Gasteiger partial charge in [0.25, 0.3) is 0 Å². The van der Waals surface area contributed by atoms with E-state index in [4.69, 9.17) is 23.2 Å². The molecule has 0 saturated heterocycles. The minimum atomic E-state index is -0.262. The zero-order chi connectivity index (χ0) is 17.0. The van der Waals surface area contributed by atoms with Crippen LogP contribution in [-0.4, -0.2) is 33.8 Å². The second kappa shape index (κ2) is 7.73. The molecule has 0 atom stereocenters. The third kappa shape index (κ3) is 4.20. The van der Waals surface area contributed by atoms with E-state index in [2.05, 4.69) is 11.2 Å². The molecule has 0 aliphatic carbocycles. The molecule has 5 nitrogen and oxygen atoms in total. The second-order valence-electron chi connectivity index (χ2n) is 4.57. The maximum absolute atomic E-state index is 12.3. The molecule has 8 heteroatoms. The number of amides is 1. The molecule has 0 saturated carbocycles. The zero-order valence-corrected chi connectivity index (χ0v) is 14.9. The highest BCUT2D eigenvalue weighted by Gasteiger charge is 2.18. The Hall–Kier alpha value is -1.68. The highest BCUT2D eigenvalue weighted by Crippen LogP contribution is 2.32. The molecule has 1 heterocycles. The third-order valence-corrected chi connectivity index (χ3v) is 4.48. The molecule has 2 rings (SSSR count). The molecule has 2 aromatic rings. The number of carbonyl (C=O) groups excluding carboxylic acids is 1. The summed E-state index contributed by atoms with van der Waals surface area (Å²) in [4.78, 5) is 14.7. The fraction of sp³-hybridized carbons (Fsp3) is 0.267. The molecule has 1 aromatic heterocycles. The van der Waals surface area contributed by atoms with E-state index in [1.54, 1.807) is 23.1 Å². The van der Waals surface area contributed by atoms with Crippen molar-refractivity contribution in [2.45, 2.75) is 23.8 Å². The molecule has 0 N–H and O–H groups in total. The lowest BCUT2D eigenvalue weighted by atomic mass is 10.4. The first-order valence-corrected chi connectivity index (χ1v) is 8.48. The van der Waals surface area contributed by atoms with Crippen molar-refractivity contribution in [1.29, 1.82) is 5.26 Å². The van der Waals surface area contributed by atoms with Crippen LogP contribution in [0.2, 0.25) is 10.0 Å². The van der Waals surface area contributed by atoms with Gasteiger partial charge < -0.3 is 4.90 Å². The summed E-state index contributed by atoms with van der Waals surface area (Å²) in [5, 5.41) is 14.9. The van der Waals surface area contributed by atoms with Crippen LogP contribution in [0.1, 0.15) is 19.4 Å². The van der Waals surface area contributed by atoms with Gasteiger partial charge >= 0.3 is 6.03 Å². The minimum absolute atomic E-state index is 0.262. The van der Waals surface area contributed by atoms with Gasteiger partial charge in [-0.15, -0.1) is 0 Å². The van der Waals surface area contributed by atoms with Gasteiger partial charge in [0.2, 0.25) is 0 Å². The van der Waals surface area contributed by atoms with Crippen molar-refractivity contribution in [3.05, 3.63) is 40.0 Å². The molecule has 0 fully saturated rings. The SMILES string of the molecule is CCN(CC)C(=O)n1cc(C#N)c(Sc2cc(Cl)cc(Cl)c2)n1. The van der Waals surface area contributed by atoms with Gasteiger partial charge in [-0.25, -0.2) is 4.79 Å². The van der Waals surface area contributed by atoms with E-state index in [9.17, 15) is 10.1 Å². The number of hydrogen-bond donors (Lipinski definition) is 0. The first-order valence-electron chi connectivity index (χ1n) is 6.91. The number of benzene rings is 1. The number of hydrogen-bond acceptors (Lipinski definition) is 4. The van der Waals surface area contributed by atoms with Crippen LogP contribution >= 0.6 is 35.0 Å². The lowest BCUT2D eigenvalue weighted by Crippen LogP contribution is -2.34. The summed E-state index contributed by atoms with van der Waals surface area (Å²) in [6.45, 7) is 4.92. The van der Waals surface area contributed by atoms with Crippen molar-refractivity contribution < 1.29 is 4.79 Å². The van der Waals surface area contributed by atoms with E-state index in [-0.39, 0.29) is 6.03 Å². The topological polar surface area (TPSA) is 61.9 Å². The van der Waals surface area contributed by atoms with E-state index in [1.807, 2.05) is 13.8 Å². The Balaban J connectivity index is 2.33. The molecular formula is C15H14Cl2N4OS. The average molecular weight is 369 g/mol. The highest BCUT2D eigenvalue weighted by molar-refractivity contribution is 7.99. The van der Waals surface area contributed by atoms with E-state index in [0.29, 0.717) is 33.7 Å². The van der Waals surface area contributed by atoms with Crippen molar-refractivity contribution in [3.63, 3.8) is 0 Å². The lowest BCUT2D eigenvalue weighted by molar-refractivity contribution is 0.201. The standard InChI is InChI=1S/C15H14Cl2N4OS/c1-3-20(4-2)15(22)21-9-10(8-18)14(19-21)23-13-6-11(16)5-12(17)7-13/h5-7,9H,3-4H2,1-2H3. The Bertz CT molecular complexity index is 745. The first kappa shape index (κ1) is 17.7. The first-order chi connectivity index (χ1) is 11.0. The fourth-order valence-electron chi connectivity index (χ4n) is 1.95. The summed E-state index contributed by atoms with van der Waals surface area (Å²) < 4.78 is 1.19. The Morgan fingerprint density at radius 3 is 2.43 bits per heavy atom. The summed E-state index contributed by atoms with van der Waals surface area (Å²) in [7, 11) is 0. The molecule has 23 heavy (non-hydrogen) atoms. The molecule has 0 unspecified atom stereocenters. The van der Waals surface area contributed by atoms with Crippen molar-refractivity contribution in [2.75, 3.05) is 13.1 Å². The van der Waals surface area contributed by atoms with Crippen LogP contribution in [-0.2, 0) is 0 Å². The quantitative estimate of drug-likeness (QED) is 0.795. The molecule has 1 amide bonds. The van der Waals surface area contributed by atoms with Gasteiger partial charge in [0, 0.05) is 28.0 Å². The predicted octanol–water partition coefficient (Wildman–Crippen LogP) is 4.52. The van der Waals surface area contributed by atoms with Gasteiger partial charge in [0.1, 0.15) is 16.7 Å². The van der Waals surface area contributed by atoms with Gasteiger partial charge in [-0.05, 0) is 32.0 Å². The number of rotatable bonds is 4. The molecule has 1 aromatic carbocycles. The van der Waals surface area contributed by atoms with Gasteiger partial charge in [-0.2, -0.15) is 15.0 Å². The number of nitriles is 1. The van der Waals surface area contributed by atoms with Crippen LogP contribution in [0.15, 0.2) is 34.3 Å². The minimum Gasteiger partial charge on any atom is -0.323 e. The largest absolute Gasteiger partial charge is 0.344 e. The van der Waals surface area contributed by atoms with Gasteiger partial charge in [-0.3, -0.25) is 0 Å². The molecule has 120 valence electrons. The van der Waals surface area contributed by atoms with Crippen LogP contribution in [0.5, 0.6) is 0 Å². The summed E-state index contributed by atoms with van der Waals surface area (Å²) in [6.07, 6.45) is 1.44. The van der Waals surface area contributed by atoms with Gasteiger partial charge in [0.05, 0.1) is 6.20 Å². The molecule has 0 spiro atoms. The maximum Gasteiger partial charge on any atom is 0.344 e. The molecule has 0 bridgehead atoms. The number of aromatic nitrogens is 2. The Labute approximate surface area is 148 Å². The third-order valence-electron chi connectivity index (χ3n) is 3.08. The summed E-state index contributed by atoms with van der Waals surface area (Å²) in [5.41, 5.74) is 0.326. The van der Waals surface area contributed by atoms with E-state index >= 15 is 0 Å². The van der Waals surface area contributed by atoms with E-state index < -0.39 is 0 Å². The molecule has 0 radical (unpaired) electrons. The molecule has 0 aliphatic rings. The van der Waals surface area contributed by atoms with E-state index in [1.165, 1.54) is 22.6 Å². The van der Waals surface area contributed by atoms with Crippen LogP contribution < -0.4 is 0 Å². The summed E-state index contributed by atoms with van der Waals surface area (Å²) in [6, 6.07) is 6.87.